The number of hydrogen-bond acceptors (Lipinski definition) is 3. The second kappa shape index (κ2) is 6.44. The van der Waals surface area contributed by atoms with Gasteiger partial charge in [-0.2, -0.15) is 0 Å². The first-order valence-corrected chi connectivity index (χ1v) is 8.22. The average Bonchev–Trinajstić information content (AvgIpc) is 3.19. The van der Waals surface area contributed by atoms with E-state index in [9.17, 15) is 4.79 Å². The number of carbonyl (C=O) groups excluding carboxylic acids is 1. The van der Waals surface area contributed by atoms with E-state index in [0.29, 0.717) is 17.9 Å². The molecule has 1 aliphatic heterocycles. The summed E-state index contributed by atoms with van der Waals surface area (Å²) in [6.45, 7) is 9.64. The van der Waals surface area contributed by atoms with Crippen LogP contribution < -0.4 is 5.32 Å². The van der Waals surface area contributed by atoms with Crippen LogP contribution in [0.3, 0.4) is 0 Å². The number of carbonyl (C=O) groups is 1. The lowest BCUT2D eigenvalue weighted by atomic mass is 10.1. The Bertz CT molecular complexity index is 341. The zero-order chi connectivity index (χ0) is 14.9. The van der Waals surface area contributed by atoms with Gasteiger partial charge in [-0.15, -0.1) is 0 Å². The van der Waals surface area contributed by atoms with E-state index >= 15 is 0 Å². The lowest BCUT2D eigenvalue weighted by molar-refractivity contribution is -0.131. The summed E-state index contributed by atoms with van der Waals surface area (Å²) in [7, 11) is 2.20. The summed E-state index contributed by atoms with van der Waals surface area (Å²) in [6.07, 6.45) is 4.79. The summed E-state index contributed by atoms with van der Waals surface area (Å²) in [5.41, 5.74) is 0. The van der Waals surface area contributed by atoms with Crippen molar-refractivity contribution >= 4 is 5.91 Å². The Labute approximate surface area is 123 Å². The summed E-state index contributed by atoms with van der Waals surface area (Å²) in [4.78, 5) is 17.1. The molecule has 4 heteroatoms. The van der Waals surface area contributed by atoms with Gasteiger partial charge < -0.3 is 4.90 Å². The Kier molecular flexibility index (Phi) is 5.08. The third-order valence-corrected chi connectivity index (χ3v) is 4.73. The molecule has 2 rings (SSSR count). The van der Waals surface area contributed by atoms with E-state index in [4.69, 9.17) is 0 Å². The predicted molar refractivity (Wildman–Crippen MR) is 82.4 cm³/mol. The fourth-order valence-corrected chi connectivity index (χ4v) is 3.15. The summed E-state index contributed by atoms with van der Waals surface area (Å²) in [6, 6.07) is 1.22. The van der Waals surface area contributed by atoms with E-state index in [1.807, 2.05) is 0 Å². The van der Waals surface area contributed by atoms with Gasteiger partial charge in [0.1, 0.15) is 0 Å². The SMILES string of the molecule is CCC1NC(CC(C)C)N(CC(C)N(C)C2CC2)C1=O. The standard InChI is InChI=1S/C16H31N3O/c1-6-14-16(20)19(15(17-14)9-11(2)3)10-12(4)18(5)13-7-8-13/h11-15,17H,6-10H2,1-5H3. The Morgan fingerprint density at radius 1 is 1.35 bits per heavy atom. The molecule has 3 atom stereocenters. The highest BCUT2D eigenvalue weighted by Gasteiger charge is 2.39. The third-order valence-electron chi connectivity index (χ3n) is 4.73. The van der Waals surface area contributed by atoms with Crippen LogP contribution in [0.2, 0.25) is 0 Å². The predicted octanol–water partition coefficient (Wildman–Crippen LogP) is 2.05. The van der Waals surface area contributed by atoms with Crippen molar-refractivity contribution in [2.75, 3.05) is 13.6 Å². The number of nitrogens with one attached hydrogen (secondary N) is 1. The van der Waals surface area contributed by atoms with Crippen molar-refractivity contribution in [3.05, 3.63) is 0 Å². The number of nitrogens with zero attached hydrogens (tertiary/aromatic N) is 2. The molecule has 1 N–H and O–H groups in total. The summed E-state index contributed by atoms with van der Waals surface area (Å²) in [5.74, 6) is 0.907. The molecule has 116 valence electrons. The van der Waals surface area contributed by atoms with Gasteiger partial charge >= 0.3 is 0 Å². The monoisotopic (exact) mass is 281 g/mol. The molecule has 2 aliphatic rings. The minimum Gasteiger partial charge on any atom is -0.324 e. The maximum Gasteiger partial charge on any atom is 0.241 e. The molecule has 0 bridgehead atoms. The van der Waals surface area contributed by atoms with Crippen LogP contribution in [-0.2, 0) is 4.79 Å². The smallest absolute Gasteiger partial charge is 0.241 e. The number of likely N-dealkylation sites (N-methyl/N-ethyl adjacent to an activating group) is 1. The minimum atomic E-state index is 0.0252. The van der Waals surface area contributed by atoms with E-state index in [0.717, 1.165) is 25.4 Å². The molecule has 0 aromatic heterocycles. The van der Waals surface area contributed by atoms with E-state index in [1.54, 1.807) is 0 Å². The molecule has 2 fully saturated rings. The van der Waals surface area contributed by atoms with Crippen LogP contribution in [0.25, 0.3) is 0 Å². The van der Waals surface area contributed by atoms with Gasteiger partial charge in [0.25, 0.3) is 0 Å². The van der Waals surface area contributed by atoms with Gasteiger partial charge in [0.2, 0.25) is 5.91 Å². The minimum absolute atomic E-state index is 0.0252. The van der Waals surface area contributed by atoms with Crippen molar-refractivity contribution in [2.45, 2.75) is 77.7 Å². The average molecular weight is 281 g/mol. The Balaban J connectivity index is 1.98. The van der Waals surface area contributed by atoms with Crippen LogP contribution in [0.4, 0.5) is 0 Å². The van der Waals surface area contributed by atoms with Crippen molar-refractivity contribution in [3.8, 4) is 0 Å². The first-order valence-electron chi connectivity index (χ1n) is 8.22. The highest BCUT2D eigenvalue weighted by Crippen LogP contribution is 2.28. The maximum absolute atomic E-state index is 12.5. The molecule has 3 unspecified atom stereocenters. The van der Waals surface area contributed by atoms with E-state index in [1.165, 1.54) is 12.8 Å². The van der Waals surface area contributed by atoms with Crippen LogP contribution in [0.15, 0.2) is 0 Å². The fraction of sp³-hybridized carbons (Fsp3) is 0.938. The Hall–Kier alpha value is -0.610. The van der Waals surface area contributed by atoms with Gasteiger partial charge in [-0.25, -0.2) is 0 Å². The van der Waals surface area contributed by atoms with Gasteiger partial charge in [0.15, 0.2) is 0 Å². The lowest BCUT2D eigenvalue weighted by Crippen LogP contribution is -2.46. The maximum atomic E-state index is 12.5. The summed E-state index contributed by atoms with van der Waals surface area (Å²) in [5, 5.41) is 3.52. The van der Waals surface area contributed by atoms with Crippen LogP contribution in [0, 0.1) is 5.92 Å². The molecule has 1 saturated heterocycles. The fourth-order valence-electron chi connectivity index (χ4n) is 3.15. The summed E-state index contributed by atoms with van der Waals surface area (Å²) >= 11 is 0. The first-order chi connectivity index (χ1) is 9.43. The van der Waals surface area contributed by atoms with Crippen molar-refractivity contribution in [1.82, 2.24) is 15.1 Å². The highest BCUT2D eigenvalue weighted by molar-refractivity contribution is 5.84. The van der Waals surface area contributed by atoms with Crippen molar-refractivity contribution in [2.24, 2.45) is 5.92 Å². The molecule has 1 amide bonds. The molecule has 1 saturated carbocycles. The first kappa shape index (κ1) is 15.8. The van der Waals surface area contributed by atoms with E-state index in [2.05, 4.69) is 49.9 Å². The van der Waals surface area contributed by atoms with Gasteiger partial charge in [-0.3, -0.25) is 15.0 Å². The van der Waals surface area contributed by atoms with Crippen molar-refractivity contribution in [3.63, 3.8) is 0 Å². The molecule has 0 aromatic carbocycles. The van der Waals surface area contributed by atoms with Crippen molar-refractivity contribution < 1.29 is 4.79 Å². The topological polar surface area (TPSA) is 35.6 Å². The second-order valence-electron chi connectivity index (χ2n) is 7.01. The van der Waals surface area contributed by atoms with Crippen LogP contribution in [0.1, 0.15) is 53.4 Å². The van der Waals surface area contributed by atoms with E-state index < -0.39 is 0 Å². The van der Waals surface area contributed by atoms with Gasteiger partial charge in [-0.1, -0.05) is 20.8 Å². The molecule has 4 nitrogen and oxygen atoms in total. The molecular weight excluding hydrogens is 250 g/mol. The quantitative estimate of drug-likeness (QED) is 0.776. The molecule has 0 aromatic rings. The zero-order valence-corrected chi connectivity index (χ0v) is 13.7. The van der Waals surface area contributed by atoms with Crippen molar-refractivity contribution in [1.29, 1.82) is 0 Å². The second-order valence-corrected chi connectivity index (χ2v) is 7.01. The Morgan fingerprint density at radius 3 is 2.50 bits per heavy atom. The van der Waals surface area contributed by atoms with Crippen LogP contribution in [-0.4, -0.2) is 53.6 Å². The zero-order valence-electron chi connectivity index (χ0n) is 13.7. The largest absolute Gasteiger partial charge is 0.324 e. The molecule has 1 heterocycles. The van der Waals surface area contributed by atoms with Crippen LogP contribution >= 0.6 is 0 Å². The summed E-state index contributed by atoms with van der Waals surface area (Å²) < 4.78 is 0. The molecule has 20 heavy (non-hydrogen) atoms. The molecule has 0 radical (unpaired) electrons. The lowest BCUT2D eigenvalue weighted by Gasteiger charge is -2.32. The highest BCUT2D eigenvalue weighted by atomic mass is 16.2. The van der Waals surface area contributed by atoms with E-state index in [-0.39, 0.29) is 12.2 Å². The number of amides is 1. The van der Waals surface area contributed by atoms with Gasteiger partial charge in [0.05, 0.1) is 12.2 Å². The number of rotatable bonds is 7. The Morgan fingerprint density at radius 2 is 2.00 bits per heavy atom. The van der Waals surface area contributed by atoms with Crippen LogP contribution in [0.5, 0.6) is 0 Å². The normalized spacial score (nSPS) is 28.8. The molecular formula is C16H31N3O. The third kappa shape index (κ3) is 3.53. The van der Waals surface area contributed by atoms with Gasteiger partial charge in [0, 0.05) is 18.6 Å². The molecule has 0 spiro atoms. The number of hydrogen-bond donors (Lipinski definition) is 1. The van der Waals surface area contributed by atoms with Gasteiger partial charge in [-0.05, 0) is 45.6 Å². The molecule has 1 aliphatic carbocycles.